The summed E-state index contributed by atoms with van der Waals surface area (Å²) in [5.41, 5.74) is 7.38. The van der Waals surface area contributed by atoms with Gasteiger partial charge in [-0.1, -0.05) is 6.07 Å². The van der Waals surface area contributed by atoms with E-state index in [1.54, 1.807) is 14.2 Å². The normalized spacial score (nSPS) is 23.0. The van der Waals surface area contributed by atoms with Crippen molar-refractivity contribution in [1.29, 1.82) is 0 Å². The highest BCUT2D eigenvalue weighted by Gasteiger charge is 2.31. The summed E-state index contributed by atoms with van der Waals surface area (Å²) in [7, 11) is 3.32. The third-order valence-corrected chi connectivity index (χ3v) is 4.02. The fraction of sp³-hybridized carbons (Fsp3) is 0.625. The van der Waals surface area contributed by atoms with Crippen molar-refractivity contribution < 1.29 is 14.2 Å². The number of ether oxygens (including phenoxy) is 3. The van der Waals surface area contributed by atoms with Crippen LogP contribution in [0.4, 0.5) is 0 Å². The smallest absolute Gasteiger partial charge is 0.127 e. The van der Waals surface area contributed by atoms with Gasteiger partial charge in [-0.05, 0) is 38.2 Å². The lowest BCUT2D eigenvalue weighted by atomic mass is 9.77. The van der Waals surface area contributed by atoms with Gasteiger partial charge in [-0.15, -0.1) is 0 Å². The third-order valence-electron chi connectivity index (χ3n) is 4.02. The maximum absolute atomic E-state index is 6.33. The van der Waals surface area contributed by atoms with Gasteiger partial charge in [-0.25, -0.2) is 0 Å². The summed E-state index contributed by atoms with van der Waals surface area (Å²) < 4.78 is 16.2. The first-order chi connectivity index (χ1) is 9.67. The molecule has 1 saturated carbocycles. The predicted octanol–water partition coefficient (Wildman–Crippen LogP) is 2.91. The molecule has 1 unspecified atom stereocenters. The third kappa shape index (κ3) is 3.44. The van der Waals surface area contributed by atoms with Crippen molar-refractivity contribution in [3.05, 3.63) is 23.8 Å². The van der Waals surface area contributed by atoms with Crippen molar-refractivity contribution in [3.8, 4) is 11.5 Å². The van der Waals surface area contributed by atoms with Crippen molar-refractivity contribution in [3.63, 3.8) is 0 Å². The van der Waals surface area contributed by atoms with Gasteiger partial charge in [-0.2, -0.15) is 0 Å². The lowest BCUT2D eigenvalue weighted by molar-refractivity contribution is -0.0282. The van der Waals surface area contributed by atoms with Crippen molar-refractivity contribution >= 4 is 0 Å². The van der Waals surface area contributed by atoms with E-state index in [9.17, 15) is 0 Å². The molecule has 0 radical (unpaired) electrons. The van der Waals surface area contributed by atoms with E-state index in [4.69, 9.17) is 19.9 Å². The maximum atomic E-state index is 6.33. The minimum Gasteiger partial charge on any atom is -0.497 e. The van der Waals surface area contributed by atoms with Crippen LogP contribution in [0.5, 0.6) is 11.5 Å². The van der Waals surface area contributed by atoms with Crippen molar-refractivity contribution in [2.45, 2.75) is 38.3 Å². The monoisotopic (exact) mass is 279 g/mol. The minimum absolute atomic E-state index is 0.00318. The number of hydrogen-bond acceptors (Lipinski definition) is 4. The summed E-state index contributed by atoms with van der Waals surface area (Å²) in [4.78, 5) is 0. The van der Waals surface area contributed by atoms with E-state index in [-0.39, 0.29) is 6.04 Å². The van der Waals surface area contributed by atoms with E-state index in [0.717, 1.165) is 42.9 Å². The Hall–Kier alpha value is -1.26. The molecule has 2 rings (SSSR count). The highest BCUT2D eigenvalue weighted by molar-refractivity contribution is 5.42. The molecule has 4 nitrogen and oxygen atoms in total. The average molecular weight is 279 g/mol. The van der Waals surface area contributed by atoms with E-state index in [2.05, 4.69) is 0 Å². The maximum Gasteiger partial charge on any atom is 0.127 e. The highest BCUT2D eigenvalue weighted by Crippen LogP contribution is 2.38. The van der Waals surface area contributed by atoms with Crippen LogP contribution in [0.3, 0.4) is 0 Å². The lowest BCUT2D eigenvalue weighted by Gasteiger charge is -2.36. The van der Waals surface area contributed by atoms with Crippen molar-refractivity contribution in [1.82, 2.24) is 0 Å². The van der Waals surface area contributed by atoms with E-state index in [1.165, 1.54) is 0 Å². The molecule has 1 atom stereocenters. The number of hydrogen-bond donors (Lipinski definition) is 1. The Balaban J connectivity index is 1.94. The Morgan fingerprint density at radius 1 is 1.25 bits per heavy atom. The van der Waals surface area contributed by atoms with Gasteiger partial charge in [0.1, 0.15) is 11.5 Å². The zero-order valence-corrected chi connectivity index (χ0v) is 12.6. The molecule has 20 heavy (non-hydrogen) atoms. The molecule has 0 aromatic heterocycles. The largest absolute Gasteiger partial charge is 0.497 e. The summed E-state index contributed by atoms with van der Waals surface area (Å²) in [6.07, 6.45) is 3.67. The molecule has 0 saturated heterocycles. The molecule has 1 aliphatic carbocycles. The molecule has 4 heteroatoms. The molecule has 0 spiro atoms. The zero-order valence-electron chi connectivity index (χ0n) is 12.6. The Labute approximate surface area is 121 Å². The second kappa shape index (κ2) is 6.95. The standard InChI is InChI=1S/C16H25NO3/c1-4-20-13-7-11(8-13)9-15(17)14-6-5-12(18-2)10-16(14)19-3/h5-6,10-11,13,15H,4,7-9,17H2,1-3H3. The Morgan fingerprint density at radius 3 is 2.60 bits per heavy atom. The SMILES string of the molecule is CCOC1CC(CC(N)c2ccc(OC)cc2OC)C1. The molecule has 1 fully saturated rings. The fourth-order valence-electron chi connectivity index (χ4n) is 2.85. The molecule has 2 N–H and O–H groups in total. The summed E-state index contributed by atoms with van der Waals surface area (Å²) in [6, 6.07) is 5.82. The Bertz CT molecular complexity index is 430. The summed E-state index contributed by atoms with van der Waals surface area (Å²) in [6.45, 7) is 2.84. The van der Waals surface area contributed by atoms with E-state index in [1.807, 2.05) is 25.1 Å². The predicted molar refractivity (Wildman–Crippen MR) is 79.2 cm³/mol. The molecule has 112 valence electrons. The van der Waals surface area contributed by atoms with E-state index < -0.39 is 0 Å². The van der Waals surface area contributed by atoms with Gasteiger partial charge >= 0.3 is 0 Å². The van der Waals surface area contributed by atoms with Crippen LogP contribution in [-0.2, 0) is 4.74 Å². The molecule has 0 amide bonds. The van der Waals surface area contributed by atoms with Crippen LogP contribution in [0.2, 0.25) is 0 Å². The minimum atomic E-state index is 0.00318. The lowest BCUT2D eigenvalue weighted by Crippen LogP contribution is -2.33. The quantitative estimate of drug-likeness (QED) is 0.834. The van der Waals surface area contributed by atoms with Crippen LogP contribution < -0.4 is 15.2 Å². The first kappa shape index (κ1) is 15.1. The second-order valence-electron chi connectivity index (χ2n) is 5.36. The summed E-state index contributed by atoms with van der Waals surface area (Å²) in [5.74, 6) is 2.25. The van der Waals surface area contributed by atoms with Gasteiger partial charge in [0, 0.05) is 24.3 Å². The van der Waals surface area contributed by atoms with E-state index >= 15 is 0 Å². The van der Waals surface area contributed by atoms with Crippen molar-refractivity contribution in [2.75, 3.05) is 20.8 Å². The molecule has 1 aliphatic rings. The summed E-state index contributed by atoms with van der Waals surface area (Å²) in [5, 5.41) is 0. The molecule has 0 aliphatic heterocycles. The average Bonchev–Trinajstić information content (AvgIpc) is 2.44. The zero-order chi connectivity index (χ0) is 14.5. The molecular formula is C16H25NO3. The first-order valence-electron chi connectivity index (χ1n) is 7.27. The van der Waals surface area contributed by atoms with Gasteiger partial charge in [0.15, 0.2) is 0 Å². The molecule has 1 aromatic rings. The van der Waals surface area contributed by atoms with Crippen LogP contribution in [0, 0.1) is 5.92 Å². The van der Waals surface area contributed by atoms with Crippen molar-refractivity contribution in [2.24, 2.45) is 11.7 Å². The Morgan fingerprint density at radius 2 is 2.00 bits per heavy atom. The topological polar surface area (TPSA) is 53.7 Å². The van der Waals surface area contributed by atoms with Crippen LogP contribution in [0.15, 0.2) is 18.2 Å². The molecular weight excluding hydrogens is 254 g/mol. The van der Waals surface area contributed by atoms with Gasteiger partial charge in [0.25, 0.3) is 0 Å². The van der Waals surface area contributed by atoms with Crippen LogP contribution in [-0.4, -0.2) is 26.9 Å². The molecule has 1 aromatic carbocycles. The number of methoxy groups -OCH3 is 2. The fourth-order valence-corrected chi connectivity index (χ4v) is 2.85. The molecule has 0 heterocycles. The van der Waals surface area contributed by atoms with Gasteiger partial charge in [0.05, 0.1) is 20.3 Å². The Kier molecular flexibility index (Phi) is 5.26. The van der Waals surface area contributed by atoms with Gasteiger partial charge < -0.3 is 19.9 Å². The summed E-state index contributed by atoms with van der Waals surface area (Å²) >= 11 is 0. The van der Waals surface area contributed by atoms with Crippen LogP contribution in [0.1, 0.15) is 37.8 Å². The van der Waals surface area contributed by atoms with E-state index in [0.29, 0.717) is 12.0 Å². The highest BCUT2D eigenvalue weighted by atomic mass is 16.5. The van der Waals surface area contributed by atoms with Crippen LogP contribution >= 0.6 is 0 Å². The number of nitrogens with two attached hydrogens (primary N) is 1. The van der Waals surface area contributed by atoms with Gasteiger partial charge in [-0.3, -0.25) is 0 Å². The van der Waals surface area contributed by atoms with Crippen LogP contribution in [0.25, 0.3) is 0 Å². The second-order valence-corrected chi connectivity index (χ2v) is 5.36. The first-order valence-corrected chi connectivity index (χ1v) is 7.27. The van der Waals surface area contributed by atoms with Gasteiger partial charge in [0.2, 0.25) is 0 Å². The number of benzene rings is 1. The molecule has 0 bridgehead atoms. The number of rotatable bonds is 7.